The summed E-state index contributed by atoms with van der Waals surface area (Å²) in [4.78, 5) is 21.4. The van der Waals surface area contributed by atoms with Crippen LogP contribution >= 0.6 is 0 Å². The lowest BCUT2D eigenvalue weighted by Crippen LogP contribution is -2.20. The summed E-state index contributed by atoms with van der Waals surface area (Å²) >= 11 is 0. The van der Waals surface area contributed by atoms with E-state index in [1.165, 1.54) is 12.7 Å². The number of methoxy groups -OCH3 is 1. The maximum atomic E-state index is 11.7. The molecule has 0 radical (unpaired) electrons. The zero-order valence-corrected chi connectivity index (χ0v) is 12.9. The van der Waals surface area contributed by atoms with Gasteiger partial charge in [-0.05, 0) is 38.6 Å². The molecule has 0 amide bonds. The molecule has 2 heterocycles. The van der Waals surface area contributed by atoms with E-state index in [0.717, 1.165) is 23.6 Å². The number of hydrogen-bond donors (Lipinski definition) is 1. The van der Waals surface area contributed by atoms with Gasteiger partial charge in [-0.1, -0.05) is 0 Å². The Kier molecular flexibility index (Phi) is 4.75. The molecule has 0 aliphatic heterocycles. The molecule has 112 valence electrons. The summed E-state index contributed by atoms with van der Waals surface area (Å²) in [5.41, 5.74) is 4.02. The second kappa shape index (κ2) is 6.54. The molecule has 0 aliphatic carbocycles. The van der Waals surface area contributed by atoms with Crippen LogP contribution in [0.5, 0.6) is 5.75 Å². The highest BCUT2D eigenvalue weighted by Crippen LogP contribution is 2.09. The summed E-state index contributed by atoms with van der Waals surface area (Å²) < 4.78 is 4.96. The van der Waals surface area contributed by atoms with Gasteiger partial charge in [0, 0.05) is 36.7 Å². The molecule has 0 bridgehead atoms. The van der Waals surface area contributed by atoms with Crippen LogP contribution in [0, 0.1) is 13.8 Å². The third kappa shape index (κ3) is 4.16. The van der Waals surface area contributed by atoms with Crippen molar-refractivity contribution >= 4 is 0 Å². The van der Waals surface area contributed by atoms with E-state index >= 15 is 0 Å². The van der Waals surface area contributed by atoms with Gasteiger partial charge in [-0.3, -0.25) is 14.7 Å². The van der Waals surface area contributed by atoms with E-state index in [1.807, 2.05) is 14.0 Å². The summed E-state index contributed by atoms with van der Waals surface area (Å²) in [5, 5.41) is 0. The minimum atomic E-state index is -0.107. The molecule has 0 fully saturated rings. The van der Waals surface area contributed by atoms with Crippen LogP contribution in [-0.4, -0.2) is 29.0 Å². The van der Waals surface area contributed by atoms with Crippen molar-refractivity contribution in [2.24, 2.45) is 0 Å². The molecule has 2 rings (SSSR count). The third-order valence-corrected chi connectivity index (χ3v) is 3.18. The van der Waals surface area contributed by atoms with Crippen LogP contribution in [-0.2, 0) is 13.1 Å². The molecule has 2 aromatic heterocycles. The summed E-state index contributed by atoms with van der Waals surface area (Å²) in [6.45, 7) is 5.45. The lowest BCUT2D eigenvalue weighted by Gasteiger charge is -2.17. The van der Waals surface area contributed by atoms with Crippen LogP contribution in [0.2, 0.25) is 0 Å². The molecule has 5 nitrogen and oxygen atoms in total. The molecule has 5 heteroatoms. The Morgan fingerprint density at radius 1 is 1.24 bits per heavy atom. The van der Waals surface area contributed by atoms with Crippen LogP contribution in [0.3, 0.4) is 0 Å². The van der Waals surface area contributed by atoms with Gasteiger partial charge in [0.15, 0.2) is 5.75 Å². The van der Waals surface area contributed by atoms with Gasteiger partial charge in [-0.2, -0.15) is 0 Å². The Hall–Kier alpha value is -2.14. The zero-order valence-electron chi connectivity index (χ0n) is 12.9. The van der Waals surface area contributed by atoms with Gasteiger partial charge in [0.2, 0.25) is 5.43 Å². The van der Waals surface area contributed by atoms with Gasteiger partial charge in [-0.15, -0.1) is 0 Å². The number of pyridine rings is 2. The number of rotatable bonds is 5. The third-order valence-electron chi connectivity index (χ3n) is 3.18. The maximum absolute atomic E-state index is 11.7. The molecule has 0 unspecified atom stereocenters. The topological polar surface area (TPSA) is 58.2 Å². The van der Waals surface area contributed by atoms with Gasteiger partial charge in [-0.25, -0.2) is 0 Å². The molecule has 0 aliphatic rings. The SMILES string of the molecule is COc1c[nH]c(CN(C)Cc2cc(C)cc(C)n2)cc1=O. The molecule has 0 saturated heterocycles. The molecule has 2 aromatic rings. The highest BCUT2D eigenvalue weighted by Gasteiger charge is 2.06. The second-order valence-electron chi connectivity index (χ2n) is 5.34. The normalized spacial score (nSPS) is 10.9. The van der Waals surface area contributed by atoms with Crippen molar-refractivity contribution in [3.63, 3.8) is 0 Å². The Labute approximate surface area is 124 Å². The first kappa shape index (κ1) is 15.3. The van der Waals surface area contributed by atoms with Gasteiger partial charge in [0.1, 0.15) is 0 Å². The number of ether oxygens (including phenoxy) is 1. The monoisotopic (exact) mass is 287 g/mol. The second-order valence-corrected chi connectivity index (χ2v) is 5.34. The van der Waals surface area contributed by atoms with E-state index in [2.05, 4.69) is 33.9 Å². The quantitative estimate of drug-likeness (QED) is 0.914. The van der Waals surface area contributed by atoms with Crippen molar-refractivity contribution in [1.82, 2.24) is 14.9 Å². The molecule has 21 heavy (non-hydrogen) atoms. The van der Waals surface area contributed by atoms with Crippen LogP contribution < -0.4 is 10.2 Å². The molecule has 1 N–H and O–H groups in total. The Bertz CT molecular complexity index is 659. The molecule has 0 aromatic carbocycles. The fourth-order valence-electron chi connectivity index (χ4n) is 2.38. The number of aromatic amines is 1. The minimum absolute atomic E-state index is 0.107. The van der Waals surface area contributed by atoms with Crippen LogP contribution in [0.1, 0.15) is 22.6 Å². The fraction of sp³-hybridized carbons (Fsp3) is 0.375. The molecule has 0 spiro atoms. The van der Waals surface area contributed by atoms with Crippen molar-refractivity contribution in [3.8, 4) is 5.75 Å². The lowest BCUT2D eigenvalue weighted by molar-refractivity contribution is 0.310. The number of aryl methyl sites for hydroxylation is 2. The van der Waals surface area contributed by atoms with Crippen molar-refractivity contribution in [1.29, 1.82) is 0 Å². The minimum Gasteiger partial charge on any atom is -0.491 e. The van der Waals surface area contributed by atoms with Crippen molar-refractivity contribution < 1.29 is 4.74 Å². The first-order valence-corrected chi connectivity index (χ1v) is 6.86. The number of hydrogen-bond acceptors (Lipinski definition) is 4. The Balaban J connectivity index is 2.06. The van der Waals surface area contributed by atoms with Gasteiger partial charge in [0.05, 0.1) is 12.8 Å². The van der Waals surface area contributed by atoms with Crippen molar-refractivity contribution in [2.45, 2.75) is 26.9 Å². The summed E-state index contributed by atoms with van der Waals surface area (Å²) in [6, 6.07) is 5.72. The van der Waals surface area contributed by atoms with E-state index in [-0.39, 0.29) is 5.43 Å². The van der Waals surface area contributed by atoms with Crippen LogP contribution in [0.15, 0.2) is 29.2 Å². The Morgan fingerprint density at radius 2 is 2.00 bits per heavy atom. The number of nitrogens with one attached hydrogen (secondary N) is 1. The summed E-state index contributed by atoms with van der Waals surface area (Å²) in [6.07, 6.45) is 1.60. The maximum Gasteiger partial charge on any atom is 0.223 e. The van der Waals surface area contributed by atoms with E-state index in [0.29, 0.717) is 12.3 Å². The average molecular weight is 287 g/mol. The van der Waals surface area contributed by atoms with Gasteiger partial charge >= 0.3 is 0 Å². The highest BCUT2D eigenvalue weighted by atomic mass is 16.5. The van der Waals surface area contributed by atoms with E-state index in [9.17, 15) is 4.79 Å². The predicted molar refractivity (Wildman–Crippen MR) is 82.5 cm³/mol. The molecule has 0 saturated carbocycles. The highest BCUT2D eigenvalue weighted by molar-refractivity contribution is 5.21. The van der Waals surface area contributed by atoms with Crippen LogP contribution in [0.25, 0.3) is 0 Å². The average Bonchev–Trinajstić information content (AvgIpc) is 2.37. The van der Waals surface area contributed by atoms with E-state index < -0.39 is 0 Å². The molecular formula is C16H21N3O2. The van der Waals surface area contributed by atoms with E-state index in [4.69, 9.17) is 4.74 Å². The number of H-pyrrole nitrogens is 1. The van der Waals surface area contributed by atoms with Crippen LogP contribution in [0.4, 0.5) is 0 Å². The summed E-state index contributed by atoms with van der Waals surface area (Å²) in [7, 11) is 3.49. The van der Waals surface area contributed by atoms with E-state index in [1.54, 1.807) is 12.3 Å². The van der Waals surface area contributed by atoms with Gasteiger partial charge < -0.3 is 9.72 Å². The largest absolute Gasteiger partial charge is 0.491 e. The van der Waals surface area contributed by atoms with Gasteiger partial charge in [0.25, 0.3) is 0 Å². The van der Waals surface area contributed by atoms with Crippen molar-refractivity contribution in [3.05, 3.63) is 57.3 Å². The Morgan fingerprint density at radius 3 is 2.62 bits per heavy atom. The summed E-state index contributed by atoms with van der Waals surface area (Å²) in [5.74, 6) is 0.331. The number of aromatic nitrogens is 2. The van der Waals surface area contributed by atoms with Crippen molar-refractivity contribution in [2.75, 3.05) is 14.2 Å². The molecule has 0 atom stereocenters. The number of nitrogens with zero attached hydrogens (tertiary/aromatic N) is 2. The standard InChI is InChI=1S/C16H21N3O2/c1-11-5-12(2)18-14(6-11)10-19(3)9-13-7-15(20)16(21-4)8-17-13/h5-8H,9-10H2,1-4H3,(H,17,20). The predicted octanol–water partition coefficient (Wildman–Crippen LogP) is 2.03. The molecular weight excluding hydrogens is 266 g/mol. The first-order chi connectivity index (χ1) is 9.97. The lowest BCUT2D eigenvalue weighted by atomic mass is 10.2. The smallest absolute Gasteiger partial charge is 0.223 e. The zero-order chi connectivity index (χ0) is 15.4. The fourth-order valence-corrected chi connectivity index (χ4v) is 2.38. The first-order valence-electron chi connectivity index (χ1n) is 6.86.